The first-order valence-electron chi connectivity index (χ1n) is 6.00. The van der Waals surface area contributed by atoms with Crippen molar-refractivity contribution in [3.05, 3.63) is 27.1 Å². The van der Waals surface area contributed by atoms with E-state index >= 15 is 0 Å². The van der Waals surface area contributed by atoms with Crippen molar-refractivity contribution in [3.8, 4) is 0 Å². The molecule has 0 aliphatic carbocycles. The summed E-state index contributed by atoms with van der Waals surface area (Å²) in [5.41, 5.74) is 0.914. The molecule has 0 saturated heterocycles. The van der Waals surface area contributed by atoms with Crippen molar-refractivity contribution in [1.82, 2.24) is 4.90 Å². The van der Waals surface area contributed by atoms with Crippen LogP contribution < -0.4 is 5.32 Å². The van der Waals surface area contributed by atoms with Gasteiger partial charge in [-0.1, -0.05) is 15.9 Å². The zero-order valence-corrected chi connectivity index (χ0v) is 14.0. The van der Waals surface area contributed by atoms with Crippen molar-refractivity contribution in [3.63, 3.8) is 0 Å². The number of rotatable bonds is 5. The van der Waals surface area contributed by atoms with Gasteiger partial charge in [0, 0.05) is 22.0 Å². The number of benzene rings is 1. The molecule has 1 N–H and O–H groups in total. The number of hydrogen-bond acceptors (Lipinski definition) is 2. The lowest BCUT2D eigenvalue weighted by Gasteiger charge is -2.24. The molecule has 0 bridgehead atoms. The van der Waals surface area contributed by atoms with Gasteiger partial charge in [0.15, 0.2) is 0 Å². The number of nitrogens with one attached hydrogen (secondary N) is 1. The minimum atomic E-state index is -0.240. The predicted octanol–water partition coefficient (Wildman–Crippen LogP) is 3.88. The van der Waals surface area contributed by atoms with E-state index in [2.05, 4.69) is 37.2 Å². The van der Waals surface area contributed by atoms with Gasteiger partial charge in [0.2, 0.25) is 5.91 Å². The van der Waals surface area contributed by atoms with E-state index in [9.17, 15) is 4.79 Å². The third kappa shape index (κ3) is 3.99. The molecule has 5 heteroatoms. The molecular formula is C13H18Br2N2O. The Bertz CT molecular complexity index is 419. The molecule has 1 atom stereocenters. The van der Waals surface area contributed by atoms with Crippen LogP contribution >= 0.6 is 31.9 Å². The molecule has 0 saturated carbocycles. The normalized spacial score (nSPS) is 12.1. The van der Waals surface area contributed by atoms with E-state index in [-0.39, 0.29) is 11.9 Å². The van der Waals surface area contributed by atoms with Gasteiger partial charge in [-0.05, 0) is 54.9 Å². The minimum absolute atomic E-state index is 0.117. The Labute approximate surface area is 125 Å². The molecule has 3 nitrogen and oxygen atoms in total. The second-order valence-corrected chi connectivity index (χ2v) is 5.77. The minimum Gasteiger partial charge on any atom is -0.373 e. The van der Waals surface area contributed by atoms with Crippen LogP contribution in [0.5, 0.6) is 0 Å². The average Bonchev–Trinajstić information content (AvgIpc) is 2.35. The highest BCUT2D eigenvalue weighted by atomic mass is 79.9. The molecule has 0 aromatic heterocycles. The van der Waals surface area contributed by atoms with Gasteiger partial charge in [-0.15, -0.1) is 0 Å². The first kappa shape index (κ1) is 15.5. The molecule has 0 heterocycles. The summed E-state index contributed by atoms with van der Waals surface area (Å²) < 4.78 is 1.93. The third-order valence-corrected chi connectivity index (χ3v) is 3.93. The molecule has 0 spiro atoms. The third-order valence-electron chi connectivity index (χ3n) is 2.75. The molecule has 100 valence electrons. The molecule has 1 aromatic carbocycles. The van der Waals surface area contributed by atoms with Crippen LogP contribution in [0, 0.1) is 0 Å². The molecule has 1 rings (SSSR count). The first-order chi connectivity index (χ1) is 8.49. The molecule has 0 aliphatic rings. The summed E-state index contributed by atoms with van der Waals surface area (Å²) in [5.74, 6) is 0.117. The van der Waals surface area contributed by atoms with Gasteiger partial charge in [-0.3, -0.25) is 4.79 Å². The van der Waals surface area contributed by atoms with Gasteiger partial charge in [-0.25, -0.2) is 0 Å². The number of anilines is 1. The second-order valence-electron chi connectivity index (χ2n) is 4.00. The lowest BCUT2D eigenvalue weighted by atomic mass is 10.2. The highest BCUT2D eigenvalue weighted by Crippen LogP contribution is 2.26. The lowest BCUT2D eigenvalue weighted by molar-refractivity contribution is -0.131. The van der Waals surface area contributed by atoms with Gasteiger partial charge in [-0.2, -0.15) is 0 Å². The van der Waals surface area contributed by atoms with Gasteiger partial charge in [0.05, 0.1) is 5.69 Å². The summed E-state index contributed by atoms with van der Waals surface area (Å²) in [5, 5.41) is 3.23. The summed E-state index contributed by atoms with van der Waals surface area (Å²) >= 11 is 6.89. The molecule has 1 amide bonds. The van der Waals surface area contributed by atoms with Crippen molar-refractivity contribution in [2.75, 3.05) is 18.4 Å². The van der Waals surface area contributed by atoms with E-state index in [1.165, 1.54) is 0 Å². The van der Waals surface area contributed by atoms with Crippen LogP contribution in [0.4, 0.5) is 5.69 Å². The fourth-order valence-electron chi connectivity index (χ4n) is 1.71. The summed E-state index contributed by atoms with van der Waals surface area (Å²) in [6.07, 6.45) is 0. The van der Waals surface area contributed by atoms with E-state index in [0.717, 1.165) is 27.7 Å². The Hall–Kier alpha value is -0.550. The zero-order valence-electron chi connectivity index (χ0n) is 10.8. The number of carbonyl (C=O) groups excluding carboxylic acids is 1. The van der Waals surface area contributed by atoms with Crippen molar-refractivity contribution in [1.29, 1.82) is 0 Å². The number of amides is 1. The number of hydrogen-bond donors (Lipinski definition) is 1. The summed E-state index contributed by atoms with van der Waals surface area (Å²) in [4.78, 5) is 14.0. The van der Waals surface area contributed by atoms with E-state index < -0.39 is 0 Å². The topological polar surface area (TPSA) is 32.3 Å². The average molecular weight is 378 g/mol. The van der Waals surface area contributed by atoms with E-state index in [0.29, 0.717) is 0 Å². The lowest BCUT2D eigenvalue weighted by Crippen LogP contribution is -2.41. The van der Waals surface area contributed by atoms with Gasteiger partial charge < -0.3 is 10.2 Å². The summed E-state index contributed by atoms with van der Waals surface area (Å²) in [6.45, 7) is 7.34. The van der Waals surface area contributed by atoms with Gasteiger partial charge in [0.1, 0.15) is 6.04 Å². The molecule has 0 aliphatic heterocycles. The Morgan fingerprint density at radius 2 is 1.94 bits per heavy atom. The van der Waals surface area contributed by atoms with E-state index in [4.69, 9.17) is 0 Å². The maximum atomic E-state index is 12.1. The van der Waals surface area contributed by atoms with Crippen LogP contribution in [0.15, 0.2) is 27.1 Å². The van der Waals surface area contributed by atoms with Gasteiger partial charge in [0.25, 0.3) is 0 Å². The molecule has 0 radical (unpaired) electrons. The van der Waals surface area contributed by atoms with E-state index in [1.54, 1.807) is 0 Å². The number of carbonyl (C=O) groups is 1. The monoisotopic (exact) mass is 376 g/mol. The van der Waals surface area contributed by atoms with Crippen LogP contribution in [0.2, 0.25) is 0 Å². The highest BCUT2D eigenvalue weighted by molar-refractivity contribution is 9.11. The van der Waals surface area contributed by atoms with Crippen LogP contribution in [-0.4, -0.2) is 29.9 Å². The van der Waals surface area contributed by atoms with Gasteiger partial charge >= 0.3 is 0 Å². The summed E-state index contributed by atoms with van der Waals surface area (Å²) in [6, 6.07) is 5.61. The maximum Gasteiger partial charge on any atom is 0.244 e. The quantitative estimate of drug-likeness (QED) is 0.844. The van der Waals surface area contributed by atoms with Crippen molar-refractivity contribution in [2.24, 2.45) is 0 Å². The van der Waals surface area contributed by atoms with Crippen LogP contribution in [-0.2, 0) is 4.79 Å². The fraction of sp³-hybridized carbons (Fsp3) is 0.462. The number of likely N-dealkylation sites (N-methyl/N-ethyl adjacent to an activating group) is 1. The Kier molecular flexibility index (Phi) is 6.15. The standard InChI is InChI=1S/C13H18Br2N2O/c1-4-17(5-2)13(18)9(3)16-12-8-10(14)6-7-11(12)15/h6-9,16H,4-5H2,1-3H3. The first-order valence-corrected chi connectivity index (χ1v) is 7.58. The molecule has 0 fully saturated rings. The number of nitrogens with zero attached hydrogens (tertiary/aromatic N) is 1. The fourth-order valence-corrected chi connectivity index (χ4v) is 2.43. The SMILES string of the molecule is CCN(CC)C(=O)C(C)Nc1cc(Br)ccc1Br. The smallest absolute Gasteiger partial charge is 0.244 e. The predicted molar refractivity (Wildman–Crippen MR) is 82.9 cm³/mol. The molecule has 1 unspecified atom stereocenters. The Morgan fingerprint density at radius 3 is 2.50 bits per heavy atom. The van der Waals surface area contributed by atoms with Crippen LogP contribution in [0.1, 0.15) is 20.8 Å². The molecule has 18 heavy (non-hydrogen) atoms. The Balaban J connectivity index is 2.77. The maximum absolute atomic E-state index is 12.1. The van der Waals surface area contributed by atoms with Crippen LogP contribution in [0.25, 0.3) is 0 Å². The van der Waals surface area contributed by atoms with Crippen molar-refractivity contribution < 1.29 is 4.79 Å². The van der Waals surface area contributed by atoms with Crippen molar-refractivity contribution in [2.45, 2.75) is 26.8 Å². The molecular weight excluding hydrogens is 360 g/mol. The molecule has 1 aromatic rings. The van der Waals surface area contributed by atoms with Crippen molar-refractivity contribution >= 4 is 43.5 Å². The zero-order chi connectivity index (χ0) is 13.7. The van der Waals surface area contributed by atoms with E-state index in [1.807, 2.05) is 43.9 Å². The largest absolute Gasteiger partial charge is 0.373 e. The number of halogens is 2. The summed E-state index contributed by atoms with van der Waals surface area (Å²) in [7, 11) is 0. The highest BCUT2D eigenvalue weighted by Gasteiger charge is 2.18. The Morgan fingerprint density at radius 1 is 1.33 bits per heavy atom. The van der Waals surface area contributed by atoms with Crippen LogP contribution in [0.3, 0.4) is 0 Å². The second kappa shape index (κ2) is 7.14.